The lowest BCUT2D eigenvalue weighted by Crippen LogP contribution is -2.36. The molecule has 0 aliphatic carbocycles. The van der Waals surface area contributed by atoms with E-state index in [0.29, 0.717) is 11.1 Å². The normalized spacial score (nSPS) is 13.6. The van der Waals surface area contributed by atoms with Crippen LogP contribution >= 0.6 is 0 Å². The summed E-state index contributed by atoms with van der Waals surface area (Å²) < 4.78 is 5.51. The summed E-state index contributed by atoms with van der Waals surface area (Å²) in [6.45, 7) is 1.34. The van der Waals surface area contributed by atoms with Crippen molar-refractivity contribution in [2.45, 2.75) is 13.0 Å². The van der Waals surface area contributed by atoms with Crippen molar-refractivity contribution in [3.63, 3.8) is 0 Å². The molecular formula is C25H19NO5. The van der Waals surface area contributed by atoms with Crippen LogP contribution in [0.1, 0.15) is 48.3 Å². The number of amides is 2. The van der Waals surface area contributed by atoms with E-state index in [1.165, 1.54) is 12.1 Å². The number of hydrogen-bond acceptors (Lipinski definition) is 5. The summed E-state index contributed by atoms with van der Waals surface area (Å²) in [5.74, 6) is -2.34. The average molecular weight is 413 g/mol. The van der Waals surface area contributed by atoms with Gasteiger partial charge in [-0.3, -0.25) is 24.1 Å². The highest BCUT2D eigenvalue weighted by Gasteiger charge is 2.37. The fourth-order valence-corrected chi connectivity index (χ4v) is 3.45. The Morgan fingerprint density at radius 2 is 1.35 bits per heavy atom. The number of ketones is 1. The van der Waals surface area contributed by atoms with Gasteiger partial charge in [0.1, 0.15) is 6.54 Å². The zero-order valence-corrected chi connectivity index (χ0v) is 16.8. The zero-order valence-electron chi connectivity index (χ0n) is 16.8. The number of fused-ring (bicyclic) bond motifs is 1. The van der Waals surface area contributed by atoms with Crippen molar-refractivity contribution in [2.75, 3.05) is 6.54 Å². The molecule has 1 aliphatic rings. The molecule has 0 unspecified atom stereocenters. The minimum atomic E-state index is -1.19. The second-order valence-electron chi connectivity index (χ2n) is 7.25. The third-order valence-electron chi connectivity index (χ3n) is 5.09. The Bertz CT molecular complexity index is 1130. The Balaban J connectivity index is 1.55. The van der Waals surface area contributed by atoms with Gasteiger partial charge in [0.25, 0.3) is 11.8 Å². The minimum absolute atomic E-state index is 0.246. The number of aryl methyl sites for hydroxylation is 1. The minimum Gasteiger partial charge on any atom is -0.448 e. The summed E-state index contributed by atoms with van der Waals surface area (Å²) in [7, 11) is 0. The predicted octanol–water partition coefficient (Wildman–Crippen LogP) is 3.76. The molecule has 3 aromatic carbocycles. The summed E-state index contributed by atoms with van der Waals surface area (Å²) in [6, 6.07) is 22.0. The third-order valence-corrected chi connectivity index (χ3v) is 5.09. The van der Waals surface area contributed by atoms with Gasteiger partial charge in [0, 0.05) is 11.1 Å². The van der Waals surface area contributed by atoms with E-state index in [2.05, 4.69) is 0 Å². The molecule has 0 N–H and O–H groups in total. The quantitative estimate of drug-likeness (QED) is 0.349. The molecule has 0 spiro atoms. The van der Waals surface area contributed by atoms with Crippen molar-refractivity contribution < 1.29 is 23.9 Å². The molecule has 0 radical (unpaired) electrons. The molecule has 2 amide bonds. The second-order valence-corrected chi connectivity index (χ2v) is 7.25. The van der Waals surface area contributed by atoms with Crippen molar-refractivity contribution in [1.29, 1.82) is 0 Å². The van der Waals surface area contributed by atoms with Crippen molar-refractivity contribution in [2.24, 2.45) is 0 Å². The Morgan fingerprint density at radius 3 is 1.94 bits per heavy atom. The summed E-state index contributed by atoms with van der Waals surface area (Å²) in [4.78, 5) is 51.7. The van der Waals surface area contributed by atoms with Crippen molar-refractivity contribution >= 4 is 23.6 Å². The van der Waals surface area contributed by atoms with Gasteiger partial charge in [-0.25, -0.2) is 0 Å². The van der Waals surface area contributed by atoms with Gasteiger partial charge in [-0.2, -0.15) is 0 Å². The number of carbonyl (C=O) groups excluding carboxylic acids is 4. The molecule has 1 atom stereocenters. The van der Waals surface area contributed by atoms with E-state index < -0.39 is 30.4 Å². The number of Topliss-reactive ketones (excluding diaryl/α,β-unsaturated/α-hetero) is 1. The lowest BCUT2D eigenvalue weighted by Gasteiger charge is -2.19. The number of nitrogens with zero attached hydrogens (tertiary/aromatic N) is 1. The third kappa shape index (κ3) is 4.00. The lowest BCUT2D eigenvalue weighted by atomic mass is 9.99. The predicted molar refractivity (Wildman–Crippen MR) is 113 cm³/mol. The molecule has 3 aromatic rings. The van der Waals surface area contributed by atoms with Crippen LogP contribution in [0.3, 0.4) is 0 Å². The maximum atomic E-state index is 13.1. The monoisotopic (exact) mass is 413 g/mol. The van der Waals surface area contributed by atoms with E-state index in [0.717, 1.165) is 10.5 Å². The van der Waals surface area contributed by atoms with Crippen LogP contribution in [0, 0.1) is 6.92 Å². The van der Waals surface area contributed by atoms with Crippen LogP contribution in [0.5, 0.6) is 0 Å². The first-order chi connectivity index (χ1) is 15.0. The zero-order chi connectivity index (χ0) is 22.0. The highest BCUT2D eigenvalue weighted by molar-refractivity contribution is 6.22. The molecule has 31 heavy (non-hydrogen) atoms. The Hall–Kier alpha value is -4.06. The molecule has 154 valence electrons. The Labute approximate surface area is 179 Å². The van der Waals surface area contributed by atoms with E-state index in [-0.39, 0.29) is 16.9 Å². The molecular weight excluding hydrogens is 394 g/mol. The summed E-state index contributed by atoms with van der Waals surface area (Å²) in [5, 5.41) is 0. The van der Waals surface area contributed by atoms with Gasteiger partial charge in [0.15, 0.2) is 6.10 Å². The molecule has 0 bridgehead atoms. The fraction of sp³-hybridized carbons (Fsp3) is 0.120. The summed E-state index contributed by atoms with van der Waals surface area (Å²) >= 11 is 0. The topological polar surface area (TPSA) is 80.8 Å². The van der Waals surface area contributed by atoms with Crippen LogP contribution in [0.4, 0.5) is 0 Å². The first-order valence-corrected chi connectivity index (χ1v) is 9.76. The van der Waals surface area contributed by atoms with Crippen LogP contribution in [0.25, 0.3) is 0 Å². The van der Waals surface area contributed by atoms with Gasteiger partial charge >= 0.3 is 5.97 Å². The van der Waals surface area contributed by atoms with Gasteiger partial charge in [-0.15, -0.1) is 0 Å². The lowest BCUT2D eigenvalue weighted by molar-refractivity contribution is -0.147. The molecule has 1 heterocycles. The van der Waals surface area contributed by atoms with Crippen LogP contribution in [-0.2, 0) is 9.53 Å². The van der Waals surface area contributed by atoms with Crippen LogP contribution in [-0.4, -0.2) is 35.0 Å². The van der Waals surface area contributed by atoms with Crippen LogP contribution < -0.4 is 0 Å². The SMILES string of the molecule is Cc1ccc(C(=O)[C@@H](OC(=O)CN2C(=O)c3ccccc3C2=O)c2ccccc2)cc1. The maximum absolute atomic E-state index is 13.1. The molecule has 4 rings (SSSR count). The van der Waals surface area contributed by atoms with E-state index in [1.807, 2.05) is 6.92 Å². The smallest absolute Gasteiger partial charge is 0.327 e. The molecule has 0 saturated carbocycles. The molecule has 0 fully saturated rings. The first-order valence-electron chi connectivity index (χ1n) is 9.76. The van der Waals surface area contributed by atoms with Gasteiger partial charge < -0.3 is 4.74 Å². The van der Waals surface area contributed by atoms with E-state index >= 15 is 0 Å². The molecule has 6 nitrogen and oxygen atoms in total. The number of carbonyl (C=O) groups is 4. The Morgan fingerprint density at radius 1 is 0.806 bits per heavy atom. The highest BCUT2D eigenvalue weighted by atomic mass is 16.5. The highest BCUT2D eigenvalue weighted by Crippen LogP contribution is 2.25. The van der Waals surface area contributed by atoms with Crippen LogP contribution in [0.2, 0.25) is 0 Å². The van der Waals surface area contributed by atoms with Crippen molar-refractivity contribution in [3.8, 4) is 0 Å². The molecule has 0 aromatic heterocycles. The van der Waals surface area contributed by atoms with Gasteiger partial charge in [0.05, 0.1) is 11.1 Å². The number of esters is 1. The standard InChI is InChI=1S/C25H19NO5/c1-16-11-13-17(14-12-16)22(28)23(18-7-3-2-4-8-18)31-21(27)15-26-24(29)19-9-5-6-10-20(19)25(26)30/h2-14,23H,15H2,1H3/t23-/m0/s1. The first kappa shape index (κ1) is 20.2. The number of imide groups is 1. The summed E-state index contributed by atoms with van der Waals surface area (Å²) in [6.07, 6.45) is -1.19. The van der Waals surface area contributed by atoms with Crippen molar-refractivity contribution in [1.82, 2.24) is 4.90 Å². The van der Waals surface area contributed by atoms with Crippen LogP contribution in [0.15, 0.2) is 78.9 Å². The van der Waals surface area contributed by atoms with E-state index in [1.54, 1.807) is 66.7 Å². The largest absolute Gasteiger partial charge is 0.448 e. The van der Waals surface area contributed by atoms with Gasteiger partial charge in [-0.05, 0) is 19.1 Å². The van der Waals surface area contributed by atoms with E-state index in [4.69, 9.17) is 4.74 Å². The van der Waals surface area contributed by atoms with Gasteiger partial charge in [0.2, 0.25) is 5.78 Å². The number of hydrogen-bond donors (Lipinski definition) is 0. The number of ether oxygens (including phenoxy) is 1. The molecule has 0 saturated heterocycles. The molecule has 1 aliphatic heterocycles. The van der Waals surface area contributed by atoms with Gasteiger partial charge in [-0.1, -0.05) is 72.3 Å². The number of rotatable bonds is 6. The van der Waals surface area contributed by atoms with Crippen molar-refractivity contribution in [3.05, 3.63) is 107 Å². The maximum Gasteiger partial charge on any atom is 0.327 e. The summed E-state index contributed by atoms with van der Waals surface area (Å²) in [5.41, 5.74) is 2.39. The molecule has 6 heteroatoms. The average Bonchev–Trinajstić information content (AvgIpc) is 3.03. The number of benzene rings is 3. The van der Waals surface area contributed by atoms with E-state index in [9.17, 15) is 19.2 Å². The second kappa shape index (κ2) is 8.36. The Kier molecular flexibility index (Phi) is 5.45. The fourth-order valence-electron chi connectivity index (χ4n) is 3.45.